The highest BCUT2D eigenvalue weighted by molar-refractivity contribution is 5.93. The average molecular weight is 534 g/mol. The zero-order chi connectivity index (χ0) is 29.4. The van der Waals surface area contributed by atoms with Crippen LogP contribution in [0.25, 0.3) is 0 Å². The van der Waals surface area contributed by atoms with Crippen LogP contribution in [0, 0.1) is 18.3 Å². The Bertz CT molecular complexity index is 1180. The lowest BCUT2D eigenvalue weighted by atomic mass is 9.89. The number of terminal acetylenes is 1. The molecule has 0 bridgehead atoms. The molecule has 7 nitrogen and oxygen atoms in total. The maximum absolute atomic E-state index is 14.4. The van der Waals surface area contributed by atoms with Gasteiger partial charge in [-0.1, -0.05) is 75.2 Å². The fraction of sp³-hybridized carbons (Fsp3) is 0.469. The van der Waals surface area contributed by atoms with Gasteiger partial charge in [-0.3, -0.25) is 9.59 Å². The second kappa shape index (κ2) is 13.3. The van der Waals surface area contributed by atoms with Crippen molar-refractivity contribution in [1.82, 2.24) is 15.5 Å². The molecule has 0 aliphatic carbocycles. The SMILES string of the molecule is C#Cc1ccccc1C(C(=O)NCc1ccccc1)N(C(=O)C(NC(=O)OC(C)(C)C)C(C)C)C(C)(C)CC. The number of hydrogen-bond acceptors (Lipinski definition) is 4. The monoisotopic (exact) mass is 533 g/mol. The summed E-state index contributed by atoms with van der Waals surface area (Å²) >= 11 is 0. The molecule has 2 rings (SSSR count). The summed E-state index contributed by atoms with van der Waals surface area (Å²) in [5, 5.41) is 5.76. The summed E-state index contributed by atoms with van der Waals surface area (Å²) in [6.07, 6.45) is 5.70. The van der Waals surface area contributed by atoms with E-state index in [4.69, 9.17) is 11.2 Å². The summed E-state index contributed by atoms with van der Waals surface area (Å²) in [4.78, 5) is 42.7. The topological polar surface area (TPSA) is 87.7 Å². The van der Waals surface area contributed by atoms with Crippen molar-refractivity contribution in [2.75, 3.05) is 0 Å². The van der Waals surface area contributed by atoms with E-state index < -0.39 is 35.2 Å². The summed E-state index contributed by atoms with van der Waals surface area (Å²) in [7, 11) is 0. The van der Waals surface area contributed by atoms with E-state index in [0.717, 1.165) is 5.56 Å². The Labute approximate surface area is 233 Å². The highest BCUT2D eigenvalue weighted by atomic mass is 16.6. The van der Waals surface area contributed by atoms with Crippen molar-refractivity contribution < 1.29 is 19.1 Å². The summed E-state index contributed by atoms with van der Waals surface area (Å²) in [5.41, 5.74) is 0.483. The fourth-order valence-electron chi connectivity index (χ4n) is 4.19. The number of rotatable bonds is 10. The first-order valence-electron chi connectivity index (χ1n) is 13.4. The summed E-state index contributed by atoms with van der Waals surface area (Å²) in [5.74, 6) is 1.63. The van der Waals surface area contributed by atoms with Gasteiger partial charge in [0, 0.05) is 17.6 Å². The Balaban J connectivity index is 2.62. The molecule has 210 valence electrons. The minimum atomic E-state index is -1.04. The Morgan fingerprint density at radius 1 is 0.974 bits per heavy atom. The number of nitrogens with one attached hydrogen (secondary N) is 2. The van der Waals surface area contributed by atoms with Crippen LogP contribution in [-0.4, -0.2) is 40.0 Å². The number of ether oxygens (including phenoxy) is 1. The number of nitrogens with zero attached hydrogens (tertiary/aromatic N) is 1. The number of amides is 3. The van der Waals surface area contributed by atoms with E-state index in [1.54, 1.807) is 49.9 Å². The molecule has 7 heteroatoms. The smallest absolute Gasteiger partial charge is 0.408 e. The lowest BCUT2D eigenvalue weighted by Gasteiger charge is -2.45. The van der Waals surface area contributed by atoms with Gasteiger partial charge >= 0.3 is 6.09 Å². The van der Waals surface area contributed by atoms with E-state index in [9.17, 15) is 14.4 Å². The number of alkyl carbamates (subject to hydrolysis) is 1. The number of carbonyl (C=O) groups is 3. The highest BCUT2D eigenvalue weighted by Crippen LogP contribution is 2.34. The molecule has 2 aromatic carbocycles. The maximum atomic E-state index is 14.4. The van der Waals surface area contributed by atoms with Gasteiger partial charge in [0.2, 0.25) is 11.8 Å². The molecule has 2 unspecified atom stereocenters. The average Bonchev–Trinajstić information content (AvgIpc) is 2.87. The standard InChI is InChI=1S/C32H43N3O4/c1-10-24-19-15-16-20-25(24)27(28(36)33-21-23-17-13-12-14-18-23)35(32(8,9)11-2)29(37)26(22(3)4)34-30(38)39-31(5,6)7/h1,12-20,22,26-27H,11,21H2,2-9H3,(H,33,36)(H,34,38). The Hall–Kier alpha value is -3.79. The maximum Gasteiger partial charge on any atom is 0.408 e. The summed E-state index contributed by atoms with van der Waals surface area (Å²) in [6, 6.07) is 14.7. The molecule has 2 atom stereocenters. The molecule has 0 radical (unpaired) electrons. The lowest BCUT2D eigenvalue weighted by Crippen LogP contribution is -2.60. The van der Waals surface area contributed by atoms with Crippen molar-refractivity contribution >= 4 is 17.9 Å². The number of hydrogen-bond donors (Lipinski definition) is 2. The summed E-state index contributed by atoms with van der Waals surface area (Å²) in [6.45, 7) is 15.0. The molecule has 0 aliphatic heterocycles. The Morgan fingerprint density at radius 2 is 1.56 bits per heavy atom. The zero-order valence-electron chi connectivity index (χ0n) is 24.5. The number of benzene rings is 2. The molecule has 2 N–H and O–H groups in total. The van der Waals surface area contributed by atoms with Gasteiger partial charge in [-0.2, -0.15) is 0 Å². The van der Waals surface area contributed by atoms with Gasteiger partial charge < -0.3 is 20.3 Å². The van der Waals surface area contributed by atoms with E-state index in [1.807, 2.05) is 65.0 Å². The third kappa shape index (κ3) is 8.61. The van der Waals surface area contributed by atoms with Crippen LogP contribution in [0.5, 0.6) is 0 Å². The van der Waals surface area contributed by atoms with Gasteiger partial charge in [0.25, 0.3) is 0 Å². The normalized spacial score (nSPS) is 13.1. The third-order valence-electron chi connectivity index (χ3n) is 6.59. The minimum Gasteiger partial charge on any atom is -0.444 e. The van der Waals surface area contributed by atoms with Crippen LogP contribution in [0.15, 0.2) is 54.6 Å². The van der Waals surface area contributed by atoms with Crippen LogP contribution in [0.4, 0.5) is 4.79 Å². The van der Waals surface area contributed by atoms with Crippen molar-refractivity contribution in [2.24, 2.45) is 5.92 Å². The Morgan fingerprint density at radius 3 is 2.10 bits per heavy atom. The highest BCUT2D eigenvalue weighted by Gasteiger charge is 2.44. The van der Waals surface area contributed by atoms with Gasteiger partial charge in [0.05, 0.1) is 0 Å². The molecule has 2 aromatic rings. The van der Waals surface area contributed by atoms with Gasteiger partial charge in [-0.05, 0) is 64.2 Å². The molecule has 39 heavy (non-hydrogen) atoms. The van der Waals surface area contributed by atoms with Crippen LogP contribution in [0.2, 0.25) is 0 Å². The van der Waals surface area contributed by atoms with Crippen LogP contribution in [-0.2, 0) is 20.9 Å². The second-order valence-corrected chi connectivity index (χ2v) is 11.6. The molecule has 0 saturated heterocycles. The van der Waals surface area contributed by atoms with E-state index in [1.165, 1.54) is 0 Å². The van der Waals surface area contributed by atoms with E-state index >= 15 is 0 Å². The zero-order valence-corrected chi connectivity index (χ0v) is 24.5. The van der Waals surface area contributed by atoms with Gasteiger partial charge in [-0.25, -0.2) is 4.79 Å². The molecule has 3 amide bonds. The lowest BCUT2D eigenvalue weighted by molar-refractivity contribution is -0.150. The van der Waals surface area contributed by atoms with Crippen LogP contribution in [0.1, 0.15) is 84.5 Å². The fourth-order valence-corrected chi connectivity index (χ4v) is 4.19. The molecule has 0 heterocycles. The van der Waals surface area contributed by atoms with Crippen LogP contribution in [0.3, 0.4) is 0 Å². The first-order chi connectivity index (χ1) is 18.2. The van der Waals surface area contributed by atoms with E-state index in [0.29, 0.717) is 17.5 Å². The molecule has 0 fully saturated rings. The van der Waals surface area contributed by atoms with Crippen LogP contribution >= 0.6 is 0 Å². The second-order valence-electron chi connectivity index (χ2n) is 11.6. The summed E-state index contributed by atoms with van der Waals surface area (Å²) < 4.78 is 5.45. The minimum absolute atomic E-state index is 0.281. The van der Waals surface area contributed by atoms with Gasteiger partial charge in [-0.15, -0.1) is 6.42 Å². The Kier molecular flexibility index (Phi) is 10.7. The van der Waals surface area contributed by atoms with Crippen molar-refractivity contribution in [3.63, 3.8) is 0 Å². The molecule has 0 aromatic heterocycles. The third-order valence-corrected chi connectivity index (χ3v) is 6.59. The van der Waals surface area contributed by atoms with E-state index in [-0.39, 0.29) is 18.4 Å². The van der Waals surface area contributed by atoms with Crippen molar-refractivity contribution in [3.8, 4) is 12.3 Å². The van der Waals surface area contributed by atoms with Gasteiger partial charge in [0.1, 0.15) is 17.7 Å². The van der Waals surface area contributed by atoms with Crippen molar-refractivity contribution in [2.45, 2.75) is 91.6 Å². The van der Waals surface area contributed by atoms with Crippen LogP contribution < -0.4 is 10.6 Å². The van der Waals surface area contributed by atoms with Crippen molar-refractivity contribution in [1.29, 1.82) is 0 Å². The molecule has 0 aliphatic rings. The quantitative estimate of drug-likeness (QED) is 0.390. The van der Waals surface area contributed by atoms with E-state index in [2.05, 4.69) is 16.6 Å². The number of carbonyl (C=O) groups excluding carboxylic acids is 3. The molecular weight excluding hydrogens is 490 g/mol. The largest absolute Gasteiger partial charge is 0.444 e. The predicted molar refractivity (Wildman–Crippen MR) is 155 cm³/mol. The first kappa shape index (κ1) is 31.4. The molecule has 0 saturated carbocycles. The van der Waals surface area contributed by atoms with Crippen molar-refractivity contribution in [3.05, 3.63) is 71.3 Å². The predicted octanol–water partition coefficient (Wildman–Crippen LogP) is 5.59. The first-order valence-corrected chi connectivity index (χ1v) is 13.4. The van der Waals surface area contributed by atoms with Gasteiger partial charge in [0.15, 0.2) is 0 Å². The molecular formula is C32H43N3O4. The molecule has 0 spiro atoms.